The van der Waals surface area contributed by atoms with E-state index in [4.69, 9.17) is 0 Å². The summed E-state index contributed by atoms with van der Waals surface area (Å²) in [5.74, 6) is 0.305. The Balaban J connectivity index is 2.95. The van der Waals surface area contributed by atoms with Crippen LogP contribution < -0.4 is 4.72 Å². The van der Waals surface area contributed by atoms with Gasteiger partial charge in [0.25, 0.3) is 0 Å². The molecule has 1 unspecified atom stereocenters. The van der Waals surface area contributed by atoms with E-state index in [9.17, 15) is 13.5 Å². The van der Waals surface area contributed by atoms with Crippen molar-refractivity contribution in [2.45, 2.75) is 51.7 Å². The third-order valence-electron chi connectivity index (χ3n) is 3.25. The maximum Gasteiger partial charge on any atom is 0.242 e. The molecule has 110 valence electrons. The van der Waals surface area contributed by atoms with Gasteiger partial charge in [-0.3, -0.25) is 0 Å². The van der Waals surface area contributed by atoms with Crippen LogP contribution in [0.3, 0.4) is 0 Å². The second-order valence-corrected chi connectivity index (χ2v) is 6.96. The van der Waals surface area contributed by atoms with Crippen LogP contribution in [-0.4, -0.2) is 24.6 Å². The highest BCUT2D eigenvalue weighted by Crippen LogP contribution is 2.19. The van der Waals surface area contributed by atoms with Crippen molar-refractivity contribution in [1.29, 1.82) is 0 Å². The van der Waals surface area contributed by atoms with E-state index < -0.39 is 10.0 Å². The van der Waals surface area contributed by atoms with E-state index in [0.29, 0.717) is 18.2 Å². The van der Waals surface area contributed by atoms with Crippen LogP contribution >= 0.6 is 0 Å². The van der Waals surface area contributed by atoms with Crippen LogP contribution in [0, 0.1) is 5.92 Å². The highest BCUT2D eigenvalue weighted by molar-refractivity contribution is 7.89. The summed E-state index contributed by atoms with van der Waals surface area (Å²) >= 11 is 0. The molecule has 0 aromatic carbocycles. The molecular weight excluding hydrogens is 264 g/mol. The molecule has 1 rings (SSSR count). The van der Waals surface area contributed by atoms with Crippen LogP contribution in [-0.2, 0) is 16.6 Å². The zero-order valence-electron chi connectivity index (χ0n) is 12.0. The largest absolute Gasteiger partial charge is 0.390 e. The van der Waals surface area contributed by atoms with E-state index in [2.05, 4.69) is 4.72 Å². The Labute approximate surface area is 115 Å². The quantitative estimate of drug-likeness (QED) is 0.805. The van der Waals surface area contributed by atoms with E-state index in [1.54, 1.807) is 10.8 Å². The monoisotopic (exact) mass is 288 g/mol. The van der Waals surface area contributed by atoms with Crippen molar-refractivity contribution in [1.82, 2.24) is 9.29 Å². The van der Waals surface area contributed by atoms with Gasteiger partial charge in [0.2, 0.25) is 10.0 Å². The van der Waals surface area contributed by atoms with E-state index in [0.717, 1.165) is 6.42 Å². The second-order valence-electron chi connectivity index (χ2n) is 5.19. The zero-order chi connectivity index (χ0) is 14.6. The van der Waals surface area contributed by atoms with Crippen LogP contribution in [0.4, 0.5) is 0 Å². The molecule has 0 saturated carbocycles. The normalized spacial score (nSPS) is 14.0. The van der Waals surface area contributed by atoms with Gasteiger partial charge in [-0.1, -0.05) is 20.3 Å². The first-order chi connectivity index (χ1) is 8.81. The van der Waals surface area contributed by atoms with Crippen LogP contribution in [0.25, 0.3) is 0 Å². The van der Waals surface area contributed by atoms with Gasteiger partial charge in [0, 0.05) is 24.5 Å². The number of aliphatic hydroxyl groups is 1. The van der Waals surface area contributed by atoms with Crippen molar-refractivity contribution in [2.75, 3.05) is 6.54 Å². The lowest BCUT2D eigenvalue weighted by Gasteiger charge is -2.11. The summed E-state index contributed by atoms with van der Waals surface area (Å²) in [6, 6.07) is 1.64. The van der Waals surface area contributed by atoms with Crippen LogP contribution in [0.1, 0.15) is 45.9 Å². The van der Waals surface area contributed by atoms with Gasteiger partial charge in [-0.25, -0.2) is 13.1 Å². The molecule has 6 heteroatoms. The molecule has 1 aromatic heterocycles. The summed E-state index contributed by atoms with van der Waals surface area (Å²) in [6.45, 7) is 8.18. The van der Waals surface area contributed by atoms with E-state index in [1.165, 1.54) is 6.07 Å². The topological polar surface area (TPSA) is 71.3 Å². The number of nitrogens with one attached hydrogen (secondary N) is 1. The molecule has 0 bridgehead atoms. The van der Waals surface area contributed by atoms with Crippen molar-refractivity contribution < 1.29 is 13.5 Å². The summed E-state index contributed by atoms with van der Waals surface area (Å²) in [4.78, 5) is 0.216. The Morgan fingerprint density at radius 3 is 2.42 bits per heavy atom. The third kappa shape index (κ3) is 4.06. The van der Waals surface area contributed by atoms with E-state index >= 15 is 0 Å². The highest BCUT2D eigenvalue weighted by Gasteiger charge is 2.19. The van der Waals surface area contributed by atoms with Gasteiger partial charge in [-0.2, -0.15) is 0 Å². The number of hydrogen-bond donors (Lipinski definition) is 2. The summed E-state index contributed by atoms with van der Waals surface area (Å²) in [6.07, 6.45) is 2.51. The summed E-state index contributed by atoms with van der Waals surface area (Å²) in [5, 5.41) is 9.27. The van der Waals surface area contributed by atoms with E-state index in [-0.39, 0.29) is 17.5 Å². The Bertz CT molecular complexity index is 506. The first-order valence-corrected chi connectivity index (χ1v) is 8.11. The average Bonchev–Trinajstić information content (AvgIpc) is 2.81. The number of aliphatic hydroxyl groups excluding tert-OH is 1. The summed E-state index contributed by atoms with van der Waals surface area (Å²) in [7, 11) is -3.49. The molecule has 2 N–H and O–H groups in total. The van der Waals surface area contributed by atoms with Crippen molar-refractivity contribution in [3.63, 3.8) is 0 Å². The highest BCUT2D eigenvalue weighted by atomic mass is 32.2. The van der Waals surface area contributed by atoms with Gasteiger partial charge in [-0.15, -0.1) is 0 Å². The average molecular weight is 288 g/mol. The molecule has 0 saturated heterocycles. The van der Waals surface area contributed by atoms with Gasteiger partial charge in [-0.05, 0) is 25.8 Å². The summed E-state index contributed by atoms with van der Waals surface area (Å²) in [5.41, 5.74) is 0.610. The molecule has 0 fully saturated rings. The predicted octanol–water partition coefficient (Wildman–Crippen LogP) is 1.89. The predicted molar refractivity (Wildman–Crippen MR) is 75.4 cm³/mol. The fourth-order valence-electron chi connectivity index (χ4n) is 1.73. The number of hydrogen-bond acceptors (Lipinski definition) is 3. The number of rotatable bonds is 7. The molecule has 0 amide bonds. The summed E-state index contributed by atoms with van der Waals surface area (Å²) < 4.78 is 28.7. The van der Waals surface area contributed by atoms with Crippen molar-refractivity contribution >= 4 is 10.0 Å². The number of sulfonamides is 1. The Kier molecular flexibility index (Phi) is 5.58. The van der Waals surface area contributed by atoms with Crippen LogP contribution in [0.5, 0.6) is 0 Å². The lowest BCUT2D eigenvalue weighted by molar-refractivity contribution is 0.268. The maximum absolute atomic E-state index is 12.2. The minimum Gasteiger partial charge on any atom is -0.390 e. The molecule has 19 heavy (non-hydrogen) atoms. The van der Waals surface area contributed by atoms with Crippen molar-refractivity contribution in [3.8, 4) is 0 Å². The lowest BCUT2D eigenvalue weighted by Crippen LogP contribution is -2.28. The molecule has 0 aliphatic heterocycles. The maximum atomic E-state index is 12.2. The van der Waals surface area contributed by atoms with Crippen molar-refractivity contribution in [3.05, 3.63) is 18.0 Å². The fourth-order valence-corrected chi connectivity index (χ4v) is 2.94. The number of aromatic nitrogens is 1. The minimum atomic E-state index is -3.49. The first-order valence-electron chi connectivity index (χ1n) is 6.63. The SMILES string of the molecule is CCC(C)CNS(=O)(=O)c1cc(CO)n(C(C)C)c1. The third-order valence-corrected chi connectivity index (χ3v) is 4.64. The fraction of sp³-hybridized carbons (Fsp3) is 0.692. The van der Waals surface area contributed by atoms with Gasteiger partial charge in [0.1, 0.15) is 0 Å². The van der Waals surface area contributed by atoms with Gasteiger partial charge >= 0.3 is 0 Å². The Morgan fingerprint density at radius 2 is 2.00 bits per heavy atom. The zero-order valence-corrected chi connectivity index (χ0v) is 12.9. The molecule has 0 radical (unpaired) electrons. The standard InChI is InChI=1S/C13H24N2O3S/c1-5-11(4)7-14-19(17,18)13-6-12(9-16)15(8-13)10(2)3/h6,8,10-11,14,16H,5,7,9H2,1-4H3. The molecule has 1 aromatic rings. The molecule has 1 heterocycles. The van der Waals surface area contributed by atoms with Gasteiger partial charge < -0.3 is 9.67 Å². The van der Waals surface area contributed by atoms with Crippen molar-refractivity contribution in [2.24, 2.45) is 5.92 Å². The molecule has 0 spiro atoms. The molecular formula is C13H24N2O3S. The smallest absolute Gasteiger partial charge is 0.242 e. The Hall–Kier alpha value is -0.850. The number of nitrogens with zero attached hydrogens (tertiary/aromatic N) is 1. The van der Waals surface area contributed by atoms with Gasteiger partial charge in [0.05, 0.1) is 11.5 Å². The second kappa shape index (κ2) is 6.54. The van der Waals surface area contributed by atoms with Crippen LogP contribution in [0.15, 0.2) is 17.2 Å². The molecule has 5 nitrogen and oxygen atoms in total. The molecule has 0 aliphatic rings. The van der Waals surface area contributed by atoms with Crippen LogP contribution in [0.2, 0.25) is 0 Å². The minimum absolute atomic E-state index is 0.112. The molecule has 1 atom stereocenters. The van der Waals surface area contributed by atoms with E-state index in [1.807, 2.05) is 27.7 Å². The van der Waals surface area contributed by atoms with Gasteiger partial charge in [0.15, 0.2) is 0 Å². The lowest BCUT2D eigenvalue weighted by atomic mass is 10.1. The Morgan fingerprint density at radius 1 is 1.37 bits per heavy atom. The molecule has 0 aliphatic carbocycles. The first kappa shape index (κ1) is 16.2.